The zero-order chi connectivity index (χ0) is 32.2. The average Bonchev–Trinajstić information content (AvgIpc) is 3.72. The summed E-state index contributed by atoms with van der Waals surface area (Å²) in [6.07, 6.45) is 2.94. The first kappa shape index (κ1) is 33.6. The SMILES string of the molecule is COC(=O)C1C2CC(C1C(=O)OC)C1C2CC2C3CC(C(C(=O)OC)C3C(=O)OC)C2C1OS(C)(=O)=O.COS(C)(=O)=O. The Morgan fingerprint density at radius 3 is 1.02 bits per heavy atom. The van der Waals surface area contributed by atoms with Gasteiger partial charge < -0.3 is 18.9 Å². The van der Waals surface area contributed by atoms with Gasteiger partial charge in [0.25, 0.3) is 20.2 Å². The van der Waals surface area contributed by atoms with Crippen LogP contribution in [0.15, 0.2) is 0 Å². The Hall–Kier alpha value is -2.30. The number of hydrogen-bond acceptors (Lipinski definition) is 14. The summed E-state index contributed by atoms with van der Waals surface area (Å²) >= 11 is 0. The van der Waals surface area contributed by atoms with Crippen LogP contribution in [0.25, 0.3) is 0 Å². The van der Waals surface area contributed by atoms with E-state index in [-0.39, 0.29) is 47.3 Å². The molecule has 12 atom stereocenters. The third-order valence-corrected chi connectivity index (χ3v) is 11.7. The Labute approximate surface area is 251 Å². The van der Waals surface area contributed by atoms with Crippen molar-refractivity contribution in [3.05, 3.63) is 0 Å². The first-order valence-corrected chi connectivity index (χ1v) is 17.6. The van der Waals surface area contributed by atoms with Gasteiger partial charge in [-0.05, 0) is 66.6 Å². The molecular formula is C27H40O14S2. The Bertz CT molecular complexity index is 1270. The van der Waals surface area contributed by atoms with Crippen molar-refractivity contribution >= 4 is 44.1 Å². The molecule has 5 fully saturated rings. The van der Waals surface area contributed by atoms with Crippen LogP contribution in [0.5, 0.6) is 0 Å². The summed E-state index contributed by atoms with van der Waals surface area (Å²) in [4.78, 5) is 51.4. The largest absolute Gasteiger partial charge is 0.469 e. The minimum Gasteiger partial charge on any atom is -0.469 e. The van der Waals surface area contributed by atoms with Crippen molar-refractivity contribution in [3.63, 3.8) is 0 Å². The number of hydrogen-bond donors (Lipinski definition) is 0. The number of carbonyl (C=O) groups excluding carboxylic acids is 4. The van der Waals surface area contributed by atoms with Gasteiger partial charge in [-0.15, -0.1) is 0 Å². The van der Waals surface area contributed by atoms with Gasteiger partial charge in [-0.25, -0.2) is 0 Å². The zero-order valence-electron chi connectivity index (χ0n) is 25.2. The van der Waals surface area contributed by atoms with Gasteiger partial charge in [-0.3, -0.25) is 27.5 Å². The minimum atomic E-state index is -3.91. The van der Waals surface area contributed by atoms with Gasteiger partial charge >= 0.3 is 23.9 Å². The van der Waals surface area contributed by atoms with Crippen LogP contribution in [0.4, 0.5) is 0 Å². The quantitative estimate of drug-likeness (QED) is 0.206. The van der Waals surface area contributed by atoms with E-state index in [2.05, 4.69) is 4.18 Å². The third kappa shape index (κ3) is 5.91. The summed E-state index contributed by atoms with van der Waals surface area (Å²) in [5.41, 5.74) is 0. The first-order chi connectivity index (χ1) is 20.0. The number of rotatable bonds is 7. The average molecular weight is 653 g/mol. The summed E-state index contributed by atoms with van der Waals surface area (Å²) < 4.78 is 74.6. The fourth-order valence-electron chi connectivity index (χ4n) is 9.53. The van der Waals surface area contributed by atoms with E-state index < -0.39 is 73.9 Å². The summed E-state index contributed by atoms with van der Waals surface area (Å²) in [7, 11) is -0.833. The lowest BCUT2D eigenvalue weighted by Crippen LogP contribution is -2.57. The molecule has 14 nitrogen and oxygen atoms in total. The molecule has 5 aliphatic rings. The smallest absolute Gasteiger partial charge is 0.309 e. The fraction of sp³-hybridized carbons (Fsp3) is 0.852. The van der Waals surface area contributed by atoms with Gasteiger partial charge in [0.1, 0.15) is 0 Å². The molecular weight excluding hydrogens is 612 g/mol. The van der Waals surface area contributed by atoms with E-state index in [1.807, 2.05) is 0 Å². The minimum absolute atomic E-state index is 0.0998. The molecule has 244 valence electrons. The summed E-state index contributed by atoms with van der Waals surface area (Å²) in [5.74, 6) is -6.78. The number of methoxy groups -OCH3 is 4. The molecule has 5 rings (SSSR count). The second-order valence-corrected chi connectivity index (χ2v) is 15.5. The summed E-state index contributed by atoms with van der Waals surface area (Å²) in [6.45, 7) is 0. The lowest BCUT2D eigenvalue weighted by Gasteiger charge is -2.53. The highest BCUT2D eigenvalue weighted by Gasteiger charge is 2.73. The lowest BCUT2D eigenvalue weighted by molar-refractivity contribution is -0.176. The molecule has 4 bridgehead atoms. The molecule has 0 spiro atoms. The number of fused-ring (bicyclic) bond motifs is 10. The lowest BCUT2D eigenvalue weighted by atomic mass is 9.53. The zero-order valence-corrected chi connectivity index (χ0v) is 26.8. The molecule has 0 aliphatic heterocycles. The fourth-order valence-corrected chi connectivity index (χ4v) is 10.2. The van der Waals surface area contributed by atoms with Gasteiger partial charge in [0, 0.05) is 0 Å². The second kappa shape index (κ2) is 12.2. The summed E-state index contributed by atoms with van der Waals surface area (Å²) in [5, 5.41) is 0. The van der Waals surface area contributed by atoms with Gasteiger partial charge in [-0.1, -0.05) is 0 Å². The Kier molecular flexibility index (Phi) is 9.56. The van der Waals surface area contributed by atoms with Gasteiger partial charge in [0.15, 0.2) is 0 Å². The molecule has 12 unspecified atom stereocenters. The molecule has 5 saturated carbocycles. The highest BCUT2D eigenvalue weighted by Crippen LogP contribution is 2.71. The number of ether oxygens (including phenoxy) is 4. The van der Waals surface area contributed by atoms with Crippen molar-refractivity contribution in [1.29, 1.82) is 0 Å². The molecule has 16 heteroatoms. The van der Waals surface area contributed by atoms with E-state index in [1.54, 1.807) is 0 Å². The van der Waals surface area contributed by atoms with Crippen LogP contribution in [-0.4, -0.2) is 94.9 Å². The molecule has 0 amide bonds. The van der Waals surface area contributed by atoms with E-state index >= 15 is 0 Å². The van der Waals surface area contributed by atoms with Crippen LogP contribution < -0.4 is 0 Å². The van der Waals surface area contributed by atoms with Crippen LogP contribution in [0, 0.1) is 71.0 Å². The third-order valence-electron chi connectivity index (χ3n) is 10.6. The molecule has 0 N–H and O–H groups in total. The van der Waals surface area contributed by atoms with Crippen LogP contribution in [-0.2, 0) is 66.7 Å². The van der Waals surface area contributed by atoms with Crippen molar-refractivity contribution in [3.8, 4) is 0 Å². The molecule has 43 heavy (non-hydrogen) atoms. The highest BCUT2D eigenvalue weighted by molar-refractivity contribution is 7.86. The van der Waals surface area contributed by atoms with E-state index in [1.165, 1.54) is 28.4 Å². The molecule has 5 aliphatic carbocycles. The molecule has 0 aromatic rings. The standard InChI is InChI=1S/C25H34O11S.C2H6O3S/c1-32-22(26)17-11-7-13(19(17)24(28)34-3)15-9(11)6-10-12-8-14(16(10)21(15)36-37(5,30)31)20(25(29)35-4)18(12)23(27)33-2;1-5-6(2,3)4/h9-21H,6-8H2,1-5H3;1-2H3. The topological polar surface area (TPSA) is 192 Å². The van der Waals surface area contributed by atoms with Gasteiger partial charge in [-0.2, -0.15) is 16.8 Å². The maximum absolute atomic E-state index is 12.9. The van der Waals surface area contributed by atoms with Crippen molar-refractivity contribution in [1.82, 2.24) is 0 Å². The normalized spacial score (nSPS) is 40.4. The second-order valence-electron chi connectivity index (χ2n) is 12.2. The molecule has 0 aromatic carbocycles. The van der Waals surface area contributed by atoms with E-state index in [9.17, 15) is 36.0 Å². The number of esters is 4. The van der Waals surface area contributed by atoms with Gasteiger partial charge in [0.2, 0.25) is 0 Å². The van der Waals surface area contributed by atoms with Crippen molar-refractivity contribution in [2.75, 3.05) is 48.1 Å². The first-order valence-electron chi connectivity index (χ1n) is 14.0. The van der Waals surface area contributed by atoms with Crippen LogP contribution in [0.3, 0.4) is 0 Å². The molecule has 0 aromatic heterocycles. The van der Waals surface area contributed by atoms with E-state index in [4.69, 9.17) is 23.1 Å². The maximum atomic E-state index is 12.9. The van der Waals surface area contributed by atoms with E-state index in [0.717, 1.165) is 19.6 Å². The summed E-state index contributed by atoms with van der Waals surface area (Å²) in [6, 6.07) is 0. The van der Waals surface area contributed by atoms with Crippen LogP contribution in [0.1, 0.15) is 19.3 Å². The Balaban J connectivity index is 0.000000641. The Morgan fingerprint density at radius 2 is 0.767 bits per heavy atom. The predicted molar refractivity (Wildman–Crippen MR) is 145 cm³/mol. The Morgan fingerprint density at radius 1 is 0.488 bits per heavy atom. The molecule has 0 radical (unpaired) electrons. The van der Waals surface area contributed by atoms with Crippen LogP contribution >= 0.6 is 0 Å². The monoisotopic (exact) mass is 652 g/mol. The highest BCUT2D eigenvalue weighted by atomic mass is 32.2. The van der Waals surface area contributed by atoms with Crippen LogP contribution in [0.2, 0.25) is 0 Å². The predicted octanol–water partition coefficient (Wildman–Crippen LogP) is 0.248. The van der Waals surface area contributed by atoms with E-state index in [0.29, 0.717) is 19.3 Å². The van der Waals surface area contributed by atoms with Crippen molar-refractivity contribution in [2.45, 2.75) is 25.4 Å². The van der Waals surface area contributed by atoms with Gasteiger partial charge in [0.05, 0.1) is 77.8 Å². The maximum Gasteiger partial charge on any atom is 0.309 e. The van der Waals surface area contributed by atoms with Crippen molar-refractivity contribution < 1.29 is 63.3 Å². The number of carbonyl (C=O) groups is 4. The molecule has 0 saturated heterocycles. The molecule has 0 heterocycles. The van der Waals surface area contributed by atoms with Crippen molar-refractivity contribution in [2.24, 2.45) is 71.0 Å².